The summed E-state index contributed by atoms with van der Waals surface area (Å²) in [4.78, 5) is 0. The first-order valence-electron chi connectivity index (χ1n) is 3.45. The second kappa shape index (κ2) is 5.38. The van der Waals surface area contributed by atoms with Crippen molar-refractivity contribution >= 4 is 24.0 Å². The van der Waals surface area contributed by atoms with Crippen molar-refractivity contribution in [3.63, 3.8) is 0 Å². The lowest BCUT2D eigenvalue weighted by Gasteiger charge is -2.08. The van der Waals surface area contributed by atoms with Gasteiger partial charge in [-0.3, -0.25) is 0 Å². The molecule has 0 heterocycles. The normalized spacial score (nSPS) is 11.9. The summed E-state index contributed by atoms with van der Waals surface area (Å²) in [5.74, 6) is 0. The van der Waals surface area contributed by atoms with Crippen LogP contribution in [-0.2, 0) is 0 Å². The highest BCUT2D eigenvalue weighted by Gasteiger charge is 2.02. The molecular weight excluding hydrogens is 195 g/mol. The van der Waals surface area contributed by atoms with Gasteiger partial charge < -0.3 is 11.5 Å². The predicted molar refractivity (Wildman–Crippen MR) is 54.7 cm³/mol. The van der Waals surface area contributed by atoms with Crippen molar-refractivity contribution in [3.05, 3.63) is 34.9 Å². The molecule has 0 unspecified atom stereocenters. The second-order valence-corrected chi connectivity index (χ2v) is 2.83. The minimum atomic E-state index is -0.103. The molecule has 0 spiro atoms. The lowest BCUT2D eigenvalue weighted by Crippen LogP contribution is -2.20. The number of hydrogen-bond acceptors (Lipinski definition) is 2. The van der Waals surface area contributed by atoms with E-state index in [0.717, 1.165) is 5.56 Å². The maximum absolute atomic E-state index is 5.75. The Hall–Kier alpha value is -0.280. The Bertz CT molecular complexity index is 240. The summed E-state index contributed by atoms with van der Waals surface area (Å²) < 4.78 is 0. The zero-order valence-corrected chi connectivity index (χ0v) is 8.11. The first kappa shape index (κ1) is 11.7. The summed E-state index contributed by atoms with van der Waals surface area (Å²) in [6, 6.07) is 7.33. The minimum Gasteiger partial charge on any atom is -0.329 e. The third-order valence-corrected chi connectivity index (χ3v) is 1.77. The molecule has 12 heavy (non-hydrogen) atoms. The van der Waals surface area contributed by atoms with Crippen molar-refractivity contribution in [1.29, 1.82) is 0 Å². The van der Waals surface area contributed by atoms with Crippen molar-refractivity contribution < 1.29 is 0 Å². The van der Waals surface area contributed by atoms with Crippen molar-refractivity contribution in [3.8, 4) is 0 Å². The van der Waals surface area contributed by atoms with Gasteiger partial charge in [-0.2, -0.15) is 0 Å². The molecule has 2 nitrogen and oxygen atoms in total. The minimum absolute atomic E-state index is 0. The molecule has 4 heteroatoms. The van der Waals surface area contributed by atoms with Crippen LogP contribution in [0.1, 0.15) is 11.6 Å². The van der Waals surface area contributed by atoms with Crippen LogP contribution in [0.15, 0.2) is 24.3 Å². The third kappa shape index (κ3) is 2.99. The highest BCUT2D eigenvalue weighted by Crippen LogP contribution is 2.14. The smallest absolute Gasteiger partial charge is 0.0420 e. The molecule has 0 bridgehead atoms. The lowest BCUT2D eigenvalue weighted by molar-refractivity contribution is 0.737. The average Bonchev–Trinajstić information content (AvgIpc) is 2.03. The SMILES string of the molecule is Cl.NC[C@@H](N)c1cccc(Cl)c1. The predicted octanol–water partition coefficient (Wildman–Crippen LogP) is 1.72. The molecule has 1 rings (SSSR count). The lowest BCUT2D eigenvalue weighted by atomic mass is 10.1. The summed E-state index contributed by atoms with van der Waals surface area (Å²) >= 11 is 5.75. The van der Waals surface area contributed by atoms with Crippen LogP contribution in [0.3, 0.4) is 0 Å². The van der Waals surface area contributed by atoms with Crippen molar-refractivity contribution in [2.24, 2.45) is 11.5 Å². The summed E-state index contributed by atoms with van der Waals surface area (Å²) in [5.41, 5.74) is 12.1. The van der Waals surface area contributed by atoms with E-state index in [9.17, 15) is 0 Å². The maximum atomic E-state index is 5.75. The summed E-state index contributed by atoms with van der Waals surface area (Å²) in [5, 5.41) is 0.700. The molecular formula is C8H12Cl2N2. The van der Waals surface area contributed by atoms with E-state index in [0.29, 0.717) is 11.6 Å². The molecule has 0 aliphatic heterocycles. The van der Waals surface area contributed by atoms with Gasteiger partial charge in [0.2, 0.25) is 0 Å². The Labute approximate surface area is 83.3 Å². The molecule has 0 aliphatic carbocycles. The van der Waals surface area contributed by atoms with E-state index in [1.807, 2.05) is 24.3 Å². The van der Waals surface area contributed by atoms with Crippen molar-refractivity contribution in [2.75, 3.05) is 6.54 Å². The first-order chi connectivity index (χ1) is 5.24. The van der Waals surface area contributed by atoms with E-state index in [-0.39, 0.29) is 18.4 Å². The van der Waals surface area contributed by atoms with Crippen LogP contribution >= 0.6 is 24.0 Å². The van der Waals surface area contributed by atoms with Crippen LogP contribution in [0.5, 0.6) is 0 Å². The van der Waals surface area contributed by atoms with E-state index in [1.165, 1.54) is 0 Å². The average molecular weight is 207 g/mol. The van der Waals surface area contributed by atoms with E-state index >= 15 is 0 Å². The van der Waals surface area contributed by atoms with Crippen molar-refractivity contribution in [1.82, 2.24) is 0 Å². The monoisotopic (exact) mass is 206 g/mol. The second-order valence-electron chi connectivity index (χ2n) is 2.40. The number of hydrogen-bond donors (Lipinski definition) is 2. The number of nitrogens with two attached hydrogens (primary N) is 2. The van der Waals surface area contributed by atoms with Gasteiger partial charge in [-0.1, -0.05) is 23.7 Å². The van der Waals surface area contributed by atoms with Crippen LogP contribution in [0.2, 0.25) is 5.02 Å². The van der Waals surface area contributed by atoms with E-state index < -0.39 is 0 Å². The van der Waals surface area contributed by atoms with Gasteiger partial charge in [-0.05, 0) is 17.7 Å². The Morgan fingerprint density at radius 3 is 2.58 bits per heavy atom. The number of benzene rings is 1. The first-order valence-corrected chi connectivity index (χ1v) is 3.83. The molecule has 0 radical (unpaired) electrons. The molecule has 0 aromatic heterocycles. The van der Waals surface area contributed by atoms with E-state index in [2.05, 4.69) is 0 Å². The maximum Gasteiger partial charge on any atom is 0.0420 e. The highest BCUT2D eigenvalue weighted by molar-refractivity contribution is 6.30. The van der Waals surface area contributed by atoms with Gasteiger partial charge in [0.15, 0.2) is 0 Å². The van der Waals surface area contributed by atoms with Crippen LogP contribution in [0.25, 0.3) is 0 Å². The molecule has 0 saturated heterocycles. The Morgan fingerprint density at radius 2 is 2.08 bits per heavy atom. The molecule has 1 atom stereocenters. The van der Waals surface area contributed by atoms with Crippen LogP contribution in [-0.4, -0.2) is 6.54 Å². The number of halogens is 2. The van der Waals surface area contributed by atoms with Gasteiger partial charge in [0.05, 0.1) is 0 Å². The van der Waals surface area contributed by atoms with Gasteiger partial charge >= 0.3 is 0 Å². The van der Waals surface area contributed by atoms with Gasteiger partial charge in [0, 0.05) is 17.6 Å². The Balaban J connectivity index is 0.00000121. The standard InChI is InChI=1S/C8H11ClN2.ClH/c9-7-3-1-2-6(4-7)8(11)5-10;/h1-4,8H,5,10-11H2;1H/t8-;/m1./s1. The van der Waals surface area contributed by atoms with Gasteiger partial charge in [-0.15, -0.1) is 12.4 Å². The Kier molecular flexibility index (Phi) is 5.25. The van der Waals surface area contributed by atoms with Crippen LogP contribution in [0.4, 0.5) is 0 Å². The zero-order valence-electron chi connectivity index (χ0n) is 6.53. The molecule has 1 aromatic rings. The van der Waals surface area contributed by atoms with Crippen LogP contribution < -0.4 is 11.5 Å². The third-order valence-electron chi connectivity index (χ3n) is 1.53. The van der Waals surface area contributed by atoms with Crippen molar-refractivity contribution in [2.45, 2.75) is 6.04 Å². The van der Waals surface area contributed by atoms with Gasteiger partial charge in [0.25, 0.3) is 0 Å². The van der Waals surface area contributed by atoms with Crippen LogP contribution in [0, 0.1) is 0 Å². The zero-order chi connectivity index (χ0) is 8.27. The largest absolute Gasteiger partial charge is 0.329 e. The molecule has 1 aromatic carbocycles. The summed E-state index contributed by atoms with van der Waals surface area (Å²) in [6.07, 6.45) is 0. The fraction of sp³-hybridized carbons (Fsp3) is 0.250. The fourth-order valence-electron chi connectivity index (χ4n) is 0.873. The summed E-state index contributed by atoms with van der Waals surface area (Å²) in [6.45, 7) is 0.445. The fourth-order valence-corrected chi connectivity index (χ4v) is 1.07. The number of rotatable bonds is 2. The molecule has 0 saturated carbocycles. The summed E-state index contributed by atoms with van der Waals surface area (Å²) in [7, 11) is 0. The van der Waals surface area contributed by atoms with Gasteiger partial charge in [-0.25, -0.2) is 0 Å². The van der Waals surface area contributed by atoms with Gasteiger partial charge in [0.1, 0.15) is 0 Å². The topological polar surface area (TPSA) is 52.0 Å². The molecule has 0 amide bonds. The Morgan fingerprint density at radius 1 is 1.42 bits per heavy atom. The molecule has 68 valence electrons. The van der Waals surface area contributed by atoms with E-state index in [1.54, 1.807) is 0 Å². The molecule has 0 fully saturated rings. The molecule has 0 aliphatic rings. The van der Waals surface area contributed by atoms with E-state index in [4.69, 9.17) is 23.1 Å². The molecule has 4 N–H and O–H groups in total. The highest BCUT2D eigenvalue weighted by atomic mass is 35.5. The quantitative estimate of drug-likeness (QED) is 0.775.